The van der Waals surface area contributed by atoms with Crippen LogP contribution in [0, 0.1) is 5.92 Å². The maximum atomic E-state index is 12.0. The Labute approximate surface area is 121 Å². The number of rotatable bonds is 6. The highest BCUT2D eigenvalue weighted by Crippen LogP contribution is 2.49. The van der Waals surface area contributed by atoms with E-state index in [-0.39, 0.29) is 24.2 Å². The summed E-state index contributed by atoms with van der Waals surface area (Å²) < 4.78 is 11.1. The summed E-state index contributed by atoms with van der Waals surface area (Å²) >= 11 is 0. The van der Waals surface area contributed by atoms with Crippen molar-refractivity contribution < 1.29 is 14.3 Å². The molecule has 2 saturated carbocycles. The number of ether oxygens (including phenoxy) is 2. The van der Waals surface area contributed by atoms with E-state index in [2.05, 4.69) is 5.32 Å². The van der Waals surface area contributed by atoms with Gasteiger partial charge in [-0.3, -0.25) is 4.79 Å². The fourth-order valence-electron chi connectivity index (χ4n) is 3.78. The number of carbonyl (C=O) groups is 1. The second-order valence-corrected chi connectivity index (χ2v) is 6.69. The molecule has 114 valence electrons. The zero-order valence-electron chi connectivity index (χ0n) is 12.4. The quantitative estimate of drug-likeness (QED) is 0.813. The highest BCUT2D eigenvalue weighted by atomic mass is 16.5. The fourth-order valence-corrected chi connectivity index (χ4v) is 3.78. The lowest BCUT2D eigenvalue weighted by Gasteiger charge is -2.25. The molecule has 1 amide bonds. The van der Waals surface area contributed by atoms with Crippen molar-refractivity contribution in [2.24, 2.45) is 5.92 Å². The first-order valence-corrected chi connectivity index (χ1v) is 8.29. The Morgan fingerprint density at radius 3 is 2.55 bits per heavy atom. The van der Waals surface area contributed by atoms with Crippen LogP contribution in [0.25, 0.3) is 0 Å². The number of amides is 1. The SMILES string of the molecule is O=C(COCC1CCCCO1)NC1(C2CCCC2)CC1. The maximum absolute atomic E-state index is 12.0. The van der Waals surface area contributed by atoms with Gasteiger partial charge in [-0.05, 0) is 50.9 Å². The molecule has 1 aliphatic heterocycles. The Morgan fingerprint density at radius 2 is 1.90 bits per heavy atom. The van der Waals surface area contributed by atoms with E-state index in [1.807, 2.05) is 0 Å². The monoisotopic (exact) mass is 281 g/mol. The Kier molecular flexibility index (Phi) is 4.61. The molecule has 0 aromatic carbocycles. The molecule has 1 saturated heterocycles. The molecular formula is C16H27NO3. The van der Waals surface area contributed by atoms with E-state index in [9.17, 15) is 4.79 Å². The third-order valence-corrected chi connectivity index (χ3v) is 5.12. The summed E-state index contributed by atoms with van der Waals surface area (Å²) in [5.41, 5.74) is 0.137. The lowest BCUT2D eigenvalue weighted by Crippen LogP contribution is -2.43. The number of carbonyl (C=O) groups excluding carboxylic acids is 1. The van der Waals surface area contributed by atoms with Crippen LogP contribution in [0.1, 0.15) is 57.8 Å². The van der Waals surface area contributed by atoms with Crippen LogP contribution in [0.4, 0.5) is 0 Å². The van der Waals surface area contributed by atoms with Crippen LogP contribution in [0.15, 0.2) is 0 Å². The third kappa shape index (κ3) is 3.53. The lowest BCUT2D eigenvalue weighted by molar-refractivity contribution is -0.129. The Balaban J connectivity index is 1.35. The van der Waals surface area contributed by atoms with Crippen LogP contribution in [0.5, 0.6) is 0 Å². The molecule has 0 aromatic rings. The number of nitrogens with one attached hydrogen (secondary N) is 1. The second-order valence-electron chi connectivity index (χ2n) is 6.69. The summed E-state index contributed by atoms with van der Waals surface area (Å²) in [6, 6.07) is 0. The molecule has 2 aliphatic carbocycles. The molecule has 3 rings (SSSR count). The topological polar surface area (TPSA) is 47.6 Å². The van der Waals surface area contributed by atoms with Crippen molar-refractivity contribution in [3.05, 3.63) is 0 Å². The van der Waals surface area contributed by atoms with E-state index >= 15 is 0 Å². The van der Waals surface area contributed by atoms with Gasteiger partial charge in [-0.2, -0.15) is 0 Å². The highest BCUT2D eigenvalue weighted by molar-refractivity contribution is 5.78. The van der Waals surface area contributed by atoms with Crippen LogP contribution in [0.2, 0.25) is 0 Å². The van der Waals surface area contributed by atoms with Crippen LogP contribution in [0.3, 0.4) is 0 Å². The standard InChI is InChI=1S/C16H27NO3/c18-15(12-19-11-14-7-3-4-10-20-14)17-16(8-9-16)13-5-1-2-6-13/h13-14H,1-12H2,(H,17,18). The molecule has 0 bridgehead atoms. The van der Waals surface area contributed by atoms with E-state index in [0.717, 1.165) is 32.3 Å². The van der Waals surface area contributed by atoms with E-state index < -0.39 is 0 Å². The first-order valence-electron chi connectivity index (χ1n) is 8.29. The van der Waals surface area contributed by atoms with Crippen LogP contribution < -0.4 is 5.32 Å². The van der Waals surface area contributed by atoms with Gasteiger partial charge in [0.1, 0.15) is 6.61 Å². The third-order valence-electron chi connectivity index (χ3n) is 5.12. The molecule has 1 atom stereocenters. The second kappa shape index (κ2) is 6.44. The van der Waals surface area contributed by atoms with Gasteiger partial charge in [0.15, 0.2) is 0 Å². The molecule has 0 radical (unpaired) electrons. The van der Waals surface area contributed by atoms with Gasteiger partial charge in [0.25, 0.3) is 0 Å². The average Bonchev–Trinajstić information content (AvgIpc) is 3.03. The van der Waals surface area contributed by atoms with Gasteiger partial charge in [0, 0.05) is 12.1 Å². The predicted molar refractivity (Wildman–Crippen MR) is 76.5 cm³/mol. The van der Waals surface area contributed by atoms with E-state index in [1.54, 1.807) is 0 Å². The lowest BCUT2D eigenvalue weighted by atomic mass is 9.95. The van der Waals surface area contributed by atoms with Crippen molar-refractivity contribution >= 4 is 5.91 Å². The Morgan fingerprint density at radius 1 is 1.15 bits per heavy atom. The van der Waals surface area contributed by atoms with Crippen LogP contribution >= 0.6 is 0 Å². The average molecular weight is 281 g/mol. The van der Waals surface area contributed by atoms with Gasteiger partial charge in [-0.1, -0.05) is 12.8 Å². The molecular weight excluding hydrogens is 254 g/mol. The minimum atomic E-state index is 0.0604. The Bertz CT molecular complexity index is 329. The van der Waals surface area contributed by atoms with Crippen molar-refractivity contribution in [3.63, 3.8) is 0 Å². The van der Waals surface area contributed by atoms with Gasteiger partial charge in [0.05, 0.1) is 12.7 Å². The molecule has 20 heavy (non-hydrogen) atoms. The molecule has 0 spiro atoms. The van der Waals surface area contributed by atoms with Crippen LogP contribution in [-0.2, 0) is 14.3 Å². The number of hydrogen-bond donors (Lipinski definition) is 1. The summed E-state index contributed by atoms with van der Waals surface area (Å²) in [5.74, 6) is 0.776. The first-order chi connectivity index (χ1) is 9.78. The van der Waals surface area contributed by atoms with Gasteiger partial charge >= 0.3 is 0 Å². The molecule has 0 aromatic heterocycles. The summed E-state index contributed by atoms with van der Waals surface area (Å²) in [6.07, 6.45) is 11.2. The maximum Gasteiger partial charge on any atom is 0.246 e. The zero-order chi connectivity index (χ0) is 13.8. The van der Waals surface area contributed by atoms with Crippen molar-refractivity contribution in [2.75, 3.05) is 19.8 Å². The minimum absolute atomic E-state index is 0.0604. The van der Waals surface area contributed by atoms with E-state index in [4.69, 9.17) is 9.47 Å². The molecule has 1 N–H and O–H groups in total. The van der Waals surface area contributed by atoms with Gasteiger partial charge in [0.2, 0.25) is 5.91 Å². The first kappa shape index (κ1) is 14.3. The minimum Gasteiger partial charge on any atom is -0.376 e. The highest BCUT2D eigenvalue weighted by Gasteiger charge is 2.50. The Hall–Kier alpha value is -0.610. The van der Waals surface area contributed by atoms with Crippen molar-refractivity contribution in [3.8, 4) is 0 Å². The van der Waals surface area contributed by atoms with E-state index in [1.165, 1.54) is 32.1 Å². The molecule has 1 heterocycles. The molecule has 4 nitrogen and oxygen atoms in total. The summed E-state index contributed by atoms with van der Waals surface area (Å²) in [6.45, 7) is 1.59. The predicted octanol–water partition coefficient (Wildman–Crippen LogP) is 2.41. The zero-order valence-corrected chi connectivity index (χ0v) is 12.4. The van der Waals surface area contributed by atoms with E-state index in [0.29, 0.717) is 12.5 Å². The normalized spacial score (nSPS) is 29.3. The van der Waals surface area contributed by atoms with Crippen molar-refractivity contribution in [2.45, 2.75) is 69.4 Å². The number of hydrogen-bond acceptors (Lipinski definition) is 3. The molecule has 3 fully saturated rings. The van der Waals surface area contributed by atoms with Crippen molar-refractivity contribution in [1.29, 1.82) is 0 Å². The summed E-state index contributed by atoms with van der Waals surface area (Å²) in [4.78, 5) is 12.0. The van der Waals surface area contributed by atoms with Gasteiger partial charge in [-0.25, -0.2) is 0 Å². The van der Waals surface area contributed by atoms with Crippen molar-refractivity contribution in [1.82, 2.24) is 5.32 Å². The molecule has 3 aliphatic rings. The van der Waals surface area contributed by atoms with Gasteiger partial charge in [-0.15, -0.1) is 0 Å². The fraction of sp³-hybridized carbons (Fsp3) is 0.938. The van der Waals surface area contributed by atoms with Crippen LogP contribution in [-0.4, -0.2) is 37.4 Å². The largest absolute Gasteiger partial charge is 0.376 e. The summed E-state index contributed by atoms with van der Waals surface area (Å²) in [5, 5.41) is 3.24. The smallest absolute Gasteiger partial charge is 0.246 e. The molecule has 4 heteroatoms. The summed E-state index contributed by atoms with van der Waals surface area (Å²) in [7, 11) is 0. The van der Waals surface area contributed by atoms with Gasteiger partial charge < -0.3 is 14.8 Å². The molecule has 1 unspecified atom stereocenters.